The number of anilines is 1. The highest BCUT2D eigenvalue weighted by atomic mass is 19.1. The Labute approximate surface area is 147 Å². The lowest BCUT2D eigenvalue weighted by Gasteiger charge is -2.39. The summed E-state index contributed by atoms with van der Waals surface area (Å²) in [6, 6.07) is 7.28. The molecule has 3 N–H and O–H groups in total. The highest BCUT2D eigenvalue weighted by molar-refractivity contribution is 5.75. The first-order valence-electron chi connectivity index (χ1n) is 8.86. The molecule has 1 aromatic carbocycles. The number of hydrogen-bond donors (Lipinski definition) is 2. The minimum atomic E-state index is -0.455. The van der Waals surface area contributed by atoms with Gasteiger partial charge in [0.2, 0.25) is 5.91 Å². The molecule has 0 aromatic heterocycles. The van der Waals surface area contributed by atoms with Gasteiger partial charge in [0.15, 0.2) is 0 Å². The van der Waals surface area contributed by atoms with Gasteiger partial charge >= 0.3 is 0 Å². The van der Waals surface area contributed by atoms with E-state index in [0.717, 1.165) is 32.4 Å². The number of piperidine rings is 1. The molecule has 0 aliphatic carbocycles. The van der Waals surface area contributed by atoms with Crippen LogP contribution in [-0.4, -0.2) is 57.0 Å². The van der Waals surface area contributed by atoms with Crippen LogP contribution in [0.2, 0.25) is 0 Å². The van der Waals surface area contributed by atoms with Gasteiger partial charge in [-0.2, -0.15) is 0 Å². The molecule has 0 saturated carbocycles. The quantitative estimate of drug-likeness (QED) is 0.801. The predicted octanol–water partition coefficient (Wildman–Crippen LogP) is 1.04. The SMILES string of the molecule is NC(=O)CO[C@H]1CCOC[C@H]1NC1CCN(c2ccccc2F)CC1. The molecule has 0 bridgehead atoms. The van der Waals surface area contributed by atoms with Crippen molar-refractivity contribution < 1.29 is 18.7 Å². The number of hydrogen-bond acceptors (Lipinski definition) is 5. The molecule has 1 amide bonds. The van der Waals surface area contributed by atoms with Crippen LogP contribution in [0.15, 0.2) is 24.3 Å². The Bertz CT molecular complexity index is 578. The Hall–Kier alpha value is -1.70. The Kier molecular flexibility index (Phi) is 6.23. The summed E-state index contributed by atoms with van der Waals surface area (Å²) in [5.74, 6) is -0.627. The summed E-state index contributed by atoms with van der Waals surface area (Å²) < 4.78 is 25.1. The van der Waals surface area contributed by atoms with Gasteiger partial charge in [0.25, 0.3) is 0 Å². The van der Waals surface area contributed by atoms with Crippen molar-refractivity contribution in [1.82, 2.24) is 5.32 Å². The van der Waals surface area contributed by atoms with E-state index < -0.39 is 5.91 Å². The van der Waals surface area contributed by atoms with Gasteiger partial charge in [0, 0.05) is 25.7 Å². The van der Waals surface area contributed by atoms with Crippen molar-refractivity contribution >= 4 is 11.6 Å². The lowest BCUT2D eigenvalue weighted by atomic mass is 10.00. The molecule has 2 fully saturated rings. The number of carbonyl (C=O) groups excluding carboxylic acids is 1. The van der Waals surface area contributed by atoms with Crippen LogP contribution in [0.3, 0.4) is 0 Å². The fourth-order valence-corrected chi connectivity index (χ4v) is 3.56. The summed E-state index contributed by atoms with van der Waals surface area (Å²) in [4.78, 5) is 13.0. The van der Waals surface area contributed by atoms with Crippen molar-refractivity contribution in [1.29, 1.82) is 0 Å². The zero-order chi connectivity index (χ0) is 17.6. The van der Waals surface area contributed by atoms with E-state index in [0.29, 0.717) is 24.9 Å². The second kappa shape index (κ2) is 8.60. The van der Waals surface area contributed by atoms with Crippen LogP contribution in [0.5, 0.6) is 0 Å². The second-order valence-corrected chi connectivity index (χ2v) is 6.67. The van der Waals surface area contributed by atoms with E-state index in [9.17, 15) is 9.18 Å². The number of amides is 1. The van der Waals surface area contributed by atoms with Gasteiger partial charge in [-0.3, -0.25) is 4.79 Å². The molecule has 0 spiro atoms. The molecule has 2 saturated heterocycles. The van der Waals surface area contributed by atoms with E-state index in [4.69, 9.17) is 15.2 Å². The van der Waals surface area contributed by atoms with Gasteiger partial charge < -0.3 is 25.4 Å². The number of rotatable bonds is 6. The van der Waals surface area contributed by atoms with E-state index in [1.165, 1.54) is 6.07 Å². The van der Waals surface area contributed by atoms with Crippen molar-refractivity contribution in [3.8, 4) is 0 Å². The van der Waals surface area contributed by atoms with Crippen LogP contribution in [-0.2, 0) is 14.3 Å². The fourth-order valence-electron chi connectivity index (χ4n) is 3.56. The van der Waals surface area contributed by atoms with Crippen LogP contribution < -0.4 is 16.0 Å². The Balaban J connectivity index is 1.50. The maximum absolute atomic E-state index is 13.9. The average Bonchev–Trinajstić information content (AvgIpc) is 2.62. The number of para-hydroxylation sites is 1. The molecule has 25 heavy (non-hydrogen) atoms. The van der Waals surface area contributed by atoms with Crippen molar-refractivity contribution in [2.24, 2.45) is 5.73 Å². The van der Waals surface area contributed by atoms with Gasteiger partial charge in [-0.05, 0) is 31.4 Å². The van der Waals surface area contributed by atoms with Crippen LogP contribution in [0, 0.1) is 5.82 Å². The van der Waals surface area contributed by atoms with Gasteiger partial charge in [0.05, 0.1) is 24.4 Å². The normalized spacial score (nSPS) is 25.1. The summed E-state index contributed by atoms with van der Waals surface area (Å²) in [7, 11) is 0. The van der Waals surface area contributed by atoms with Gasteiger partial charge in [-0.15, -0.1) is 0 Å². The first kappa shape index (κ1) is 18.1. The van der Waals surface area contributed by atoms with Gasteiger partial charge in [-0.1, -0.05) is 12.1 Å². The Morgan fingerprint density at radius 1 is 1.32 bits per heavy atom. The number of primary amides is 1. The first-order chi connectivity index (χ1) is 12.1. The molecule has 7 heteroatoms. The van der Waals surface area contributed by atoms with E-state index in [1.54, 1.807) is 6.07 Å². The summed E-state index contributed by atoms with van der Waals surface area (Å²) in [6.45, 7) is 2.75. The lowest BCUT2D eigenvalue weighted by molar-refractivity contribution is -0.128. The molecule has 1 aromatic rings. The Morgan fingerprint density at radius 2 is 2.08 bits per heavy atom. The third-order valence-corrected chi connectivity index (χ3v) is 4.87. The van der Waals surface area contributed by atoms with E-state index in [2.05, 4.69) is 10.2 Å². The van der Waals surface area contributed by atoms with Crippen LogP contribution in [0.25, 0.3) is 0 Å². The summed E-state index contributed by atoms with van der Waals surface area (Å²) >= 11 is 0. The van der Waals surface area contributed by atoms with Crippen LogP contribution in [0.1, 0.15) is 19.3 Å². The highest BCUT2D eigenvalue weighted by Crippen LogP contribution is 2.23. The summed E-state index contributed by atoms with van der Waals surface area (Å²) in [5, 5.41) is 3.60. The average molecular weight is 351 g/mol. The number of nitrogens with zero attached hydrogens (tertiary/aromatic N) is 1. The van der Waals surface area contributed by atoms with Crippen molar-refractivity contribution in [2.45, 2.75) is 37.5 Å². The zero-order valence-electron chi connectivity index (χ0n) is 14.3. The monoisotopic (exact) mass is 351 g/mol. The zero-order valence-corrected chi connectivity index (χ0v) is 14.3. The molecule has 2 aliphatic rings. The predicted molar refractivity (Wildman–Crippen MR) is 92.9 cm³/mol. The maximum atomic E-state index is 13.9. The lowest BCUT2D eigenvalue weighted by Crippen LogP contribution is -2.54. The maximum Gasteiger partial charge on any atom is 0.243 e. The molecule has 0 radical (unpaired) electrons. The molecule has 3 rings (SSSR count). The molecule has 2 atom stereocenters. The molecule has 138 valence electrons. The topological polar surface area (TPSA) is 76.8 Å². The smallest absolute Gasteiger partial charge is 0.243 e. The number of benzene rings is 1. The number of ether oxygens (including phenoxy) is 2. The third kappa shape index (κ3) is 4.90. The second-order valence-electron chi connectivity index (χ2n) is 6.67. The molecule has 0 unspecified atom stereocenters. The van der Waals surface area contributed by atoms with E-state index >= 15 is 0 Å². The third-order valence-electron chi connectivity index (χ3n) is 4.87. The standard InChI is InChI=1S/C18H26FN3O3/c19-14-3-1-2-4-16(14)22-8-5-13(6-9-22)21-15-11-24-10-7-17(15)25-12-18(20)23/h1-4,13,15,17,21H,5-12H2,(H2,20,23)/t15-,17+/m1/s1. The minimum Gasteiger partial charge on any atom is -0.380 e. The highest BCUT2D eigenvalue weighted by Gasteiger charge is 2.30. The van der Waals surface area contributed by atoms with Crippen LogP contribution >= 0.6 is 0 Å². The summed E-state index contributed by atoms with van der Waals surface area (Å²) in [5.41, 5.74) is 5.84. The van der Waals surface area contributed by atoms with Crippen LogP contribution in [0.4, 0.5) is 10.1 Å². The van der Waals surface area contributed by atoms with Gasteiger partial charge in [0.1, 0.15) is 12.4 Å². The summed E-state index contributed by atoms with van der Waals surface area (Å²) in [6.07, 6.45) is 2.53. The number of halogens is 1. The van der Waals surface area contributed by atoms with Gasteiger partial charge in [-0.25, -0.2) is 4.39 Å². The first-order valence-corrected chi connectivity index (χ1v) is 8.86. The minimum absolute atomic E-state index is 0.0538. The molecular formula is C18H26FN3O3. The van der Waals surface area contributed by atoms with E-state index in [1.807, 2.05) is 12.1 Å². The Morgan fingerprint density at radius 3 is 2.80 bits per heavy atom. The molecular weight excluding hydrogens is 325 g/mol. The van der Waals surface area contributed by atoms with Crippen molar-refractivity contribution in [3.63, 3.8) is 0 Å². The molecule has 2 aliphatic heterocycles. The largest absolute Gasteiger partial charge is 0.380 e. The number of nitrogens with one attached hydrogen (secondary N) is 1. The molecule has 2 heterocycles. The van der Waals surface area contributed by atoms with Crippen molar-refractivity contribution in [3.05, 3.63) is 30.1 Å². The fraction of sp³-hybridized carbons (Fsp3) is 0.611. The van der Waals surface area contributed by atoms with E-state index in [-0.39, 0.29) is 24.6 Å². The number of carbonyl (C=O) groups is 1. The molecule has 6 nitrogen and oxygen atoms in total. The number of nitrogens with two attached hydrogens (primary N) is 1. The van der Waals surface area contributed by atoms with Crippen molar-refractivity contribution in [2.75, 3.05) is 37.8 Å².